The first-order chi connectivity index (χ1) is 15.4. The van der Waals surface area contributed by atoms with Gasteiger partial charge in [0, 0.05) is 0 Å². The van der Waals surface area contributed by atoms with Gasteiger partial charge in [0.1, 0.15) is 0 Å². The quantitative estimate of drug-likeness (QED) is 0.267. The van der Waals surface area contributed by atoms with Gasteiger partial charge in [0.05, 0.1) is 5.41 Å². The number of benzene rings is 5. The predicted octanol–water partition coefficient (Wildman–Crippen LogP) is 7.75. The molecule has 0 aromatic heterocycles. The third-order valence-electron chi connectivity index (χ3n) is 7.45. The van der Waals surface area contributed by atoms with Crippen molar-refractivity contribution < 1.29 is 0 Å². The van der Waals surface area contributed by atoms with E-state index in [9.17, 15) is 0 Å². The topological polar surface area (TPSA) is 0 Å². The Morgan fingerprint density at radius 3 is 1.87 bits per heavy atom. The van der Waals surface area contributed by atoms with Crippen LogP contribution in [0.25, 0.3) is 33.0 Å². The summed E-state index contributed by atoms with van der Waals surface area (Å²) in [5.41, 5.74) is 12.5. The van der Waals surface area contributed by atoms with Gasteiger partial charge in [-0.15, -0.1) is 0 Å². The molecule has 0 N–H and O–H groups in total. The fraction of sp³-hybridized carbons (Fsp3) is 0.0968. The van der Waals surface area contributed by atoms with Crippen molar-refractivity contribution in [3.8, 4) is 22.3 Å². The second-order valence-electron chi connectivity index (χ2n) is 8.74. The van der Waals surface area contributed by atoms with Crippen molar-refractivity contribution >= 4 is 10.8 Å². The van der Waals surface area contributed by atoms with Crippen LogP contribution in [0.2, 0.25) is 0 Å². The molecule has 2 aliphatic rings. The molecule has 5 aromatic rings. The van der Waals surface area contributed by atoms with Crippen LogP contribution in [-0.2, 0) is 11.8 Å². The van der Waals surface area contributed by atoms with Gasteiger partial charge < -0.3 is 0 Å². The van der Waals surface area contributed by atoms with Crippen molar-refractivity contribution in [1.29, 1.82) is 0 Å². The minimum atomic E-state index is -0.259. The van der Waals surface area contributed by atoms with Crippen LogP contribution >= 0.6 is 0 Å². The summed E-state index contributed by atoms with van der Waals surface area (Å²) < 4.78 is 0. The van der Waals surface area contributed by atoms with Crippen LogP contribution in [0.5, 0.6) is 0 Å². The second kappa shape index (κ2) is 5.95. The van der Waals surface area contributed by atoms with Crippen molar-refractivity contribution in [3.05, 3.63) is 131 Å². The van der Waals surface area contributed by atoms with Gasteiger partial charge in [0.25, 0.3) is 0 Å². The zero-order valence-electron chi connectivity index (χ0n) is 17.5. The van der Waals surface area contributed by atoms with Crippen molar-refractivity contribution in [3.63, 3.8) is 0 Å². The summed E-state index contributed by atoms with van der Waals surface area (Å²) in [5, 5.41) is 2.68. The van der Waals surface area contributed by atoms with E-state index in [2.05, 4.69) is 110 Å². The van der Waals surface area contributed by atoms with Gasteiger partial charge in [-0.2, -0.15) is 0 Å². The van der Waals surface area contributed by atoms with Crippen LogP contribution in [-0.4, -0.2) is 0 Å². The largest absolute Gasteiger partial charge is 0.0734 e. The number of aryl methyl sites for hydroxylation is 1. The molecule has 0 aliphatic heterocycles. The fourth-order valence-electron chi connectivity index (χ4n) is 6.36. The third kappa shape index (κ3) is 1.92. The second-order valence-corrected chi connectivity index (χ2v) is 8.74. The first-order valence-corrected chi connectivity index (χ1v) is 11.2. The van der Waals surface area contributed by atoms with Crippen molar-refractivity contribution in [2.75, 3.05) is 0 Å². The number of fused-ring (bicyclic) bond motifs is 12. The molecule has 0 bridgehead atoms. The van der Waals surface area contributed by atoms with E-state index in [1.54, 1.807) is 0 Å². The minimum absolute atomic E-state index is 0.259. The fourth-order valence-corrected chi connectivity index (χ4v) is 6.36. The molecule has 0 heterocycles. The maximum absolute atomic E-state index is 2.36. The van der Waals surface area contributed by atoms with Gasteiger partial charge in [0.15, 0.2) is 0 Å². The molecule has 0 nitrogen and oxygen atoms in total. The summed E-state index contributed by atoms with van der Waals surface area (Å²) in [6.07, 6.45) is 1.03. The van der Waals surface area contributed by atoms with E-state index < -0.39 is 0 Å². The van der Waals surface area contributed by atoms with Gasteiger partial charge in [-0.3, -0.25) is 0 Å². The zero-order valence-corrected chi connectivity index (χ0v) is 17.5. The highest BCUT2D eigenvalue weighted by Crippen LogP contribution is 2.64. The molecule has 7 rings (SSSR count). The zero-order chi connectivity index (χ0) is 20.6. The molecule has 1 unspecified atom stereocenters. The first-order valence-electron chi connectivity index (χ1n) is 11.2. The van der Waals surface area contributed by atoms with E-state index in [0.29, 0.717) is 0 Å². The molecular formula is C31H22. The summed E-state index contributed by atoms with van der Waals surface area (Å²) in [4.78, 5) is 0. The van der Waals surface area contributed by atoms with Gasteiger partial charge in [-0.1, -0.05) is 110 Å². The van der Waals surface area contributed by atoms with Gasteiger partial charge in [-0.25, -0.2) is 0 Å². The van der Waals surface area contributed by atoms with E-state index in [1.165, 1.54) is 60.8 Å². The Balaban J connectivity index is 1.79. The summed E-state index contributed by atoms with van der Waals surface area (Å²) in [5.74, 6) is 0. The molecule has 5 aromatic carbocycles. The van der Waals surface area contributed by atoms with Crippen LogP contribution in [0.15, 0.2) is 103 Å². The summed E-state index contributed by atoms with van der Waals surface area (Å²) >= 11 is 0. The van der Waals surface area contributed by atoms with Gasteiger partial charge >= 0.3 is 0 Å². The summed E-state index contributed by atoms with van der Waals surface area (Å²) in [7, 11) is 0. The van der Waals surface area contributed by atoms with E-state index >= 15 is 0 Å². The smallest absolute Gasteiger partial charge is 0.0619 e. The van der Waals surface area contributed by atoms with Crippen molar-refractivity contribution in [1.82, 2.24) is 0 Å². The molecular weight excluding hydrogens is 372 g/mol. The van der Waals surface area contributed by atoms with Crippen LogP contribution in [0.4, 0.5) is 0 Å². The molecule has 0 fully saturated rings. The highest BCUT2D eigenvalue weighted by Gasteiger charge is 2.53. The average Bonchev–Trinajstić information content (AvgIpc) is 3.31. The number of hydrogen-bond donors (Lipinski definition) is 0. The Bertz CT molecular complexity index is 1510. The molecule has 0 saturated heterocycles. The maximum Gasteiger partial charge on any atom is 0.0734 e. The molecule has 0 heteroatoms. The normalized spacial score (nSPS) is 17.5. The van der Waals surface area contributed by atoms with E-state index in [-0.39, 0.29) is 5.41 Å². The highest BCUT2D eigenvalue weighted by atomic mass is 14.5. The molecule has 31 heavy (non-hydrogen) atoms. The lowest BCUT2D eigenvalue weighted by molar-refractivity contribution is 0.786. The van der Waals surface area contributed by atoms with Crippen molar-refractivity contribution in [2.45, 2.75) is 18.8 Å². The van der Waals surface area contributed by atoms with Crippen LogP contribution in [0, 0.1) is 0 Å². The van der Waals surface area contributed by atoms with Crippen LogP contribution < -0.4 is 0 Å². The Labute approximate surface area is 182 Å². The van der Waals surface area contributed by atoms with Crippen LogP contribution in [0.3, 0.4) is 0 Å². The van der Waals surface area contributed by atoms with E-state index in [1.807, 2.05) is 0 Å². The molecule has 2 aliphatic carbocycles. The van der Waals surface area contributed by atoms with E-state index in [4.69, 9.17) is 0 Å². The third-order valence-corrected chi connectivity index (χ3v) is 7.45. The SMILES string of the molecule is CCc1cccc2c1C1(c3ccccc3-2)c2ccccc2-c2ccc3ccccc3c21. The first kappa shape index (κ1) is 17.1. The molecule has 0 saturated carbocycles. The van der Waals surface area contributed by atoms with E-state index in [0.717, 1.165) is 6.42 Å². The Morgan fingerprint density at radius 2 is 1.13 bits per heavy atom. The van der Waals surface area contributed by atoms with Crippen molar-refractivity contribution in [2.24, 2.45) is 0 Å². The lowest BCUT2D eigenvalue weighted by atomic mass is 9.68. The number of rotatable bonds is 1. The minimum Gasteiger partial charge on any atom is -0.0619 e. The molecule has 1 spiro atoms. The Morgan fingerprint density at radius 1 is 0.516 bits per heavy atom. The molecule has 146 valence electrons. The standard InChI is InChI=1S/C31H22/c1-2-20-11-9-15-25-23-13-5-7-16-27(23)31(29(20)25)28-17-8-6-14-24(28)26-19-18-21-10-3-4-12-22(21)30(26)31/h3-19H,2H2,1H3. The Kier molecular flexibility index (Phi) is 3.28. The predicted molar refractivity (Wildman–Crippen MR) is 130 cm³/mol. The van der Waals surface area contributed by atoms with Gasteiger partial charge in [-0.05, 0) is 67.3 Å². The maximum atomic E-state index is 2.36. The lowest BCUT2D eigenvalue weighted by Gasteiger charge is -2.33. The monoisotopic (exact) mass is 394 g/mol. The molecule has 0 amide bonds. The molecule has 0 radical (unpaired) electrons. The number of hydrogen-bond acceptors (Lipinski definition) is 0. The summed E-state index contributed by atoms with van der Waals surface area (Å²) in [6.45, 7) is 2.29. The average molecular weight is 395 g/mol. The Hall–Kier alpha value is -3.64. The van der Waals surface area contributed by atoms with Crippen LogP contribution in [0.1, 0.15) is 34.7 Å². The highest BCUT2D eigenvalue weighted by molar-refractivity contribution is 6.03. The lowest BCUT2D eigenvalue weighted by Crippen LogP contribution is -2.27. The van der Waals surface area contributed by atoms with Gasteiger partial charge in [0.2, 0.25) is 0 Å². The molecule has 1 atom stereocenters. The summed E-state index contributed by atoms with van der Waals surface area (Å²) in [6, 6.07) is 38.6.